The summed E-state index contributed by atoms with van der Waals surface area (Å²) in [5, 5.41) is 8.76. The fourth-order valence-electron chi connectivity index (χ4n) is 3.32. The van der Waals surface area contributed by atoms with Crippen LogP contribution in [0.3, 0.4) is 0 Å². The molecule has 1 N–H and O–H groups in total. The van der Waals surface area contributed by atoms with Crippen molar-refractivity contribution in [3.8, 4) is 0 Å². The monoisotopic (exact) mass is 297 g/mol. The molecule has 2 saturated heterocycles. The zero-order chi connectivity index (χ0) is 15.2. The summed E-state index contributed by atoms with van der Waals surface area (Å²) in [5.41, 5.74) is 0. The van der Waals surface area contributed by atoms with Gasteiger partial charge in [-0.3, -0.25) is 9.69 Å². The number of likely N-dealkylation sites (tertiary alicyclic amines) is 2. The lowest BCUT2D eigenvalue weighted by Crippen LogP contribution is -2.45. The van der Waals surface area contributed by atoms with E-state index in [1.165, 1.54) is 19.3 Å². The van der Waals surface area contributed by atoms with Gasteiger partial charge in [-0.2, -0.15) is 0 Å². The molecule has 2 rings (SSSR count). The molecular weight excluding hydrogens is 270 g/mol. The molecule has 2 aliphatic rings. The van der Waals surface area contributed by atoms with Gasteiger partial charge < -0.3 is 14.9 Å². The minimum atomic E-state index is -0.853. The number of carboxylic acids is 1. The molecule has 0 spiro atoms. The highest BCUT2D eigenvalue weighted by molar-refractivity contribution is 5.75. The van der Waals surface area contributed by atoms with Gasteiger partial charge in [0.05, 0.1) is 6.42 Å². The van der Waals surface area contributed by atoms with Gasteiger partial charge >= 0.3 is 12.0 Å². The topological polar surface area (TPSA) is 64.1 Å². The molecule has 120 valence electrons. The summed E-state index contributed by atoms with van der Waals surface area (Å²) in [6, 6.07) is 0.491. The van der Waals surface area contributed by atoms with Gasteiger partial charge in [0.25, 0.3) is 0 Å². The SMILES string of the molecule is CCN(CCC(=O)O)C(=O)N1CCC(N2CCCCC2)C1. The van der Waals surface area contributed by atoms with Crippen molar-refractivity contribution in [3.63, 3.8) is 0 Å². The smallest absolute Gasteiger partial charge is 0.320 e. The quantitative estimate of drug-likeness (QED) is 0.834. The number of hydrogen-bond donors (Lipinski definition) is 1. The lowest BCUT2D eigenvalue weighted by atomic mass is 10.1. The van der Waals surface area contributed by atoms with E-state index in [0.29, 0.717) is 19.1 Å². The van der Waals surface area contributed by atoms with Gasteiger partial charge in [-0.15, -0.1) is 0 Å². The number of amides is 2. The average molecular weight is 297 g/mol. The van der Waals surface area contributed by atoms with Crippen LogP contribution in [0.25, 0.3) is 0 Å². The molecular formula is C15H27N3O3. The largest absolute Gasteiger partial charge is 0.481 e. The standard InChI is InChI=1S/C15H27N3O3/c1-2-16(11-7-14(19)20)15(21)18-10-6-13(12-18)17-8-4-3-5-9-17/h13H,2-12H2,1H3,(H,19,20). The van der Waals surface area contributed by atoms with Crippen molar-refractivity contribution in [1.29, 1.82) is 0 Å². The van der Waals surface area contributed by atoms with Gasteiger partial charge in [-0.1, -0.05) is 6.42 Å². The van der Waals surface area contributed by atoms with Crippen LogP contribution in [0.5, 0.6) is 0 Å². The van der Waals surface area contributed by atoms with Crippen molar-refractivity contribution in [3.05, 3.63) is 0 Å². The fraction of sp³-hybridized carbons (Fsp3) is 0.867. The second-order valence-electron chi connectivity index (χ2n) is 5.99. The third-order valence-corrected chi connectivity index (χ3v) is 4.59. The Kier molecular flexibility index (Phi) is 5.85. The first kappa shape index (κ1) is 16.1. The highest BCUT2D eigenvalue weighted by Crippen LogP contribution is 2.21. The summed E-state index contributed by atoms with van der Waals surface area (Å²) in [6.07, 6.45) is 4.92. The molecule has 2 fully saturated rings. The van der Waals surface area contributed by atoms with Crippen LogP contribution >= 0.6 is 0 Å². The molecule has 0 aromatic heterocycles. The summed E-state index contributed by atoms with van der Waals surface area (Å²) in [7, 11) is 0. The second-order valence-corrected chi connectivity index (χ2v) is 5.99. The van der Waals surface area contributed by atoms with Gasteiger partial charge in [0, 0.05) is 32.2 Å². The summed E-state index contributed by atoms with van der Waals surface area (Å²) in [4.78, 5) is 29.2. The Labute approximate surface area is 126 Å². The normalized spacial score (nSPS) is 23.3. The Balaban J connectivity index is 1.83. The molecule has 21 heavy (non-hydrogen) atoms. The molecule has 6 nitrogen and oxygen atoms in total. The third kappa shape index (κ3) is 4.33. The molecule has 2 heterocycles. The number of rotatable bonds is 5. The number of carboxylic acid groups (broad SMARTS) is 1. The van der Waals surface area contributed by atoms with Gasteiger partial charge in [0.2, 0.25) is 0 Å². The second kappa shape index (κ2) is 7.64. The van der Waals surface area contributed by atoms with Crippen LogP contribution in [0, 0.1) is 0 Å². The Morgan fingerprint density at radius 3 is 2.52 bits per heavy atom. The van der Waals surface area contributed by atoms with E-state index >= 15 is 0 Å². The van der Waals surface area contributed by atoms with E-state index in [1.807, 2.05) is 11.8 Å². The maximum absolute atomic E-state index is 12.5. The van der Waals surface area contributed by atoms with Crippen molar-refractivity contribution in [1.82, 2.24) is 14.7 Å². The number of nitrogens with zero attached hydrogens (tertiary/aromatic N) is 3. The van der Waals surface area contributed by atoms with Crippen molar-refractivity contribution in [2.24, 2.45) is 0 Å². The van der Waals surface area contributed by atoms with E-state index in [-0.39, 0.29) is 12.5 Å². The maximum Gasteiger partial charge on any atom is 0.320 e. The third-order valence-electron chi connectivity index (χ3n) is 4.59. The van der Waals surface area contributed by atoms with E-state index in [4.69, 9.17) is 5.11 Å². The van der Waals surface area contributed by atoms with Crippen LogP contribution in [0.1, 0.15) is 39.0 Å². The molecule has 0 bridgehead atoms. The number of urea groups is 1. The number of carbonyl (C=O) groups is 2. The van der Waals surface area contributed by atoms with Crippen LogP contribution in [0.4, 0.5) is 4.79 Å². The predicted molar refractivity (Wildman–Crippen MR) is 80.3 cm³/mol. The predicted octanol–water partition coefficient (Wildman–Crippen LogP) is 1.46. The van der Waals surface area contributed by atoms with E-state index in [9.17, 15) is 9.59 Å². The highest BCUT2D eigenvalue weighted by Gasteiger charge is 2.32. The highest BCUT2D eigenvalue weighted by atomic mass is 16.4. The van der Waals surface area contributed by atoms with Crippen LogP contribution < -0.4 is 0 Å². The minimum Gasteiger partial charge on any atom is -0.481 e. The first-order chi connectivity index (χ1) is 10.1. The molecule has 1 unspecified atom stereocenters. The maximum atomic E-state index is 12.5. The van der Waals surface area contributed by atoms with Crippen LogP contribution in [-0.4, -0.2) is 77.1 Å². The summed E-state index contributed by atoms with van der Waals surface area (Å²) in [5.74, 6) is -0.853. The Morgan fingerprint density at radius 1 is 1.19 bits per heavy atom. The van der Waals surface area contributed by atoms with Gasteiger partial charge in [0.15, 0.2) is 0 Å². The number of piperidine rings is 1. The molecule has 2 aliphatic heterocycles. The minimum absolute atomic E-state index is 0.00161. The average Bonchev–Trinajstić information content (AvgIpc) is 2.98. The van der Waals surface area contributed by atoms with Gasteiger partial charge in [0.1, 0.15) is 0 Å². The molecule has 2 amide bonds. The van der Waals surface area contributed by atoms with Crippen molar-refractivity contribution in [2.45, 2.75) is 45.1 Å². The molecule has 1 atom stereocenters. The van der Waals surface area contributed by atoms with Crippen molar-refractivity contribution in [2.75, 3.05) is 39.3 Å². The van der Waals surface area contributed by atoms with Crippen LogP contribution in [0.15, 0.2) is 0 Å². The van der Waals surface area contributed by atoms with Crippen LogP contribution in [0.2, 0.25) is 0 Å². The lowest BCUT2D eigenvalue weighted by Gasteiger charge is -2.32. The molecule has 0 aromatic carbocycles. The summed E-state index contributed by atoms with van der Waals surface area (Å²) < 4.78 is 0. The zero-order valence-corrected chi connectivity index (χ0v) is 13.0. The fourth-order valence-corrected chi connectivity index (χ4v) is 3.32. The van der Waals surface area contributed by atoms with E-state index < -0.39 is 5.97 Å². The number of carbonyl (C=O) groups excluding carboxylic acids is 1. The lowest BCUT2D eigenvalue weighted by molar-refractivity contribution is -0.137. The van der Waals surface area contributed by atoms with Crippen molar-refractivity contribution >= 4 is 12.0 Å². The van der Waals surface area contributed by atoms with E-state index in [2.05, 4.69) is 4.90 Å². The van der Waals surface area contributed by atoms with Gasteiger partial charge in [-0.25, -0.2) is 4.79 Å². The summed E-state index contributed by atoms with van der Waals surface area (Å²) >= 11 is 0. The molecule has 0 radical (unpaired) electrons. The first-order valence-corrected chi connectivity index (χ1v) is 8.11. The van der Waals surface area contributed by atoms with Gasteiger partial charge in [-0.05, 0) is 39.3 Å². The summed E-state index contributed by atoms with van der Waals surface area (Å²) in [6.45, 7) is 6.67. The Morgan fingerprint density at radius 2 is 1.90 bits per heavy atom. The molecule has 0 saturated carbocycles. The molecule has 6 heteroatoms. The Bertz CT molecular complexity index is 369. The van der Waals surface area contributed by atoms with Crippen molar-refractivity contribution < 1.29 is 14.7 Å². The van der Waals surface area contributed by atoms with E-state index in [0.717, 1.165) is 32.6 Å². The first-order valence-electron chi connectivity index (χ1n) is 8.11. The molecule has 0 aliphatic carbocycles. The van der Waals surface area contributed by atoms with E-state index in [1.54, 1.807) is 4.90 Å². The number of aliphatic carboxylic acids is 1. The van der Waals surface area contributed by atoms with Crippen LogP contribution in [-0.2, 0) is 4.79 Å². The zero-order valence-electron chi connectivity index (χ0n) is 13.0. The number of hydrogen-bond acceptors (Lipinski definition) is 3. The Hall–Kier alpha value is -1.30. The molecule has 0 aromatic rings.